The zero-order valence-electron chi connectivity index (χ0n) is 25.3. The summed E-state index contributed by atoms with van der Waals surface area (Å²) in [5.41, 5.74) is 8.23. The molecule has 46 heavy (non-hydrogen) atoms. The number of nitrogens with zero attached hydrogens (tertiary/aromatic N) is 4. The van der Waals surface area contributed by atoms with Crippen LogP contribution in [0.1, 0.15) is 10.4 Å². The number of hydrogen-bond acceptors (Lipinski definition) is 6. The van der Waals surface area contributed by atoms with E-state index in [-0.39, 0.29) is 11.7 Å². The minimum atomic E-state index is -0.297. The van der Waals surface area contributed by atoms with Crippen molar-refractivity contribution in [3.05, 3.63) is 115 Å². The molecule has 9 nitrogen and oxygen atoms in total. The third kappa shape index (κ3) is 5.93. The van der Waals surface area contributed by atoms with Gasteiger partial charge in [0.1, 0.15) is 11.5 Å². The summed E-state index contributed by atoms with van der Waals surface area (Å²) >= 11 is 0. The lowest BCUT2D eigenvalue weighted by atomic mass is 10.0. The van der Waals surface area contributed by atoms with Crippen LogP contribution in [0.5, 0.6) is 0 Å². The molecule has 10 heteroatoms. The molecule has 1 amide bonds. The number of H-pyrrole nitrogens is 2. The van der Waals surface area contributed by atoms with Crippen LogP contribution in [-0.2, 0) is 0 Å². The van der Waals surface area contributed by atoms with Crippen molar-refractivity contribution in [1.29, 1.82) is 0 Å². The van der Waals surface area contributed by atoms with Crippen molar-refractivity contribution in [3.8, 4) is 33.8 Å². The Labute approximate surface area is 264 Å². The van der Waals surface area contributed by atoms with E-state index in [2.05, 4.69) is 40.7 Å². The van der Waals surface area contributed by atoms with E-state index in [1.807, 2.05) is 74.8 Å². The van der Waals surface area contributed by atoms with Gasteiger partial charge in [0.2, 0.25) is 0 Å². The molecule has 7 aromatic rings. The highest BCUT2D eigenvalue weighted by molar-refractivity contribution is 6.05. The zero-order chi connectivity index (χ0) is 31.6. The Bertz CT molecular complexity index is 2190. The molecule has 0 saturated heterocycles. The zero-order valence-corrected chi connectivity index (χ0v) is 25.3. The van der Waals surface area contributed by atoms with Crippen molar-refractivity contribution in [1.82, 2.24) is 30.0 Å². The van der Waals surface area contributed by atoms with Crippen LogP contribution in [0, 0.1) is 5.82 Å². The third-order valence-electron chi connectivity index (χ3n) is 7.79. The van der Waals surface area contributed by atoms with Crippen LogP contribution in [0.3, 0.4) is 0 Å². The second-order valence-corrected chi connectivity index (χ2v) is 11.4. The van der Waals surface area contributed by atoms with Gasteiger partial charge < -0.3 is 20.5 Å². The Morgan fingerprint density at radius 1 is 0.848 bits per heavy atom. The minimum absolute atomic E-state index is 0.215. The summed E-state index contributed by atoms with van der Waals surface area (Å²) in [7, 11) is 4.01. The van der Waals surface area contributed by atoms with Crippen LogP contribution >= 0.6 is 0 Å². The van der Waals surface area contributed by atoms with Gasteiger partial charge >= 0.3 is 0 Å². The highest BCUT2D eigenvalue weighted by atomic mass is 19.1. The van der Waals surface area contributed by atoms with Crippen LogP contribution in [-0.4, -0.2) is 63.1 Å². The summed E-state index contributed by atoms with van der Waals surface area (Å²) in [5.74, 6) is -0.512. The third-order valence-corrected chi connectivity index (χ3v) is 7.79. The molecular weight excluding hydrogens is 579 g/mol. The number of halogens is 1. The van der Waals surface area contributed by atoms with E-state index in [0.29, 0.717) is 23.5 Å². The highest BCUT2D eigenvalue weighted by Crippen LogP contribution is 2.36. The molecule has 0 aliphatic carbocycles. The smallest absolute Gasteiger partial charge is 0.255 e. The number of pyridine rings is 2. The maximum atomic E-state index is 14.7. The molecule has 0 bridgehead atoms. The Hall–Kier alpha value is -5.87. The number of amides is 1. The summed E-state index contributed by atoms with van der Waals surface area (Å²) < 4.78 is 14.7. The van der Waals surface area contributed by atoms with Crippen molar-refractivity contribution in [2.75, 3.05) is 37.8 Å². The predicted octanol–water partition coefficient (Wildman–Crippen LogP) is 7.20. The van der Waals surface area contributed by atoms with Crippen molar-refractivity contribution < 1.29 is 9.18 Å². The number of likely N-dealkylation sites (N-methyl/N-ethyl adjacent to an activating group) is 1. The van der Waals surface area contributed by atoms with Gasteiger partial charge in [-0.15, -0.1) is 0 Å². The van der Waals surface area contributed by atoms with E-state index in [1.165, 1.54) is 6.07 Å². The van der Waals surface area contributed by atoms with Crippen molar-refractivity contribution >= 4 is 39.1 Å². The van der Waals surface area contributed by atoms with Crippen LogP contribution in [0.2, 0.25) is 0 Å². The van der Waals surface area contributed by atoms with E-state index < -0.39 is 0 Å². The second kappa shape index (κ2) is 12.3. The average Bonchev–Trinajstić information content (AvgIpc) is 3.69. The molecule has 0 fully saturated rings. The molecule has 7 rings (SSSR count). The largest absolute Gasteiger partial charge is 0.384 e. The average molecular weight is 611 g/mol. The number of anilines is 2. The highest BCUT2D eigenvalue weighted by Gasteiger charge is 2.16. The van der Waals surface area contributed by atoms with Gasteiger partial charge in [0.25, 0.3) is 5.91 Å². The maximum Gasteiger partial charge on any atom is 0.255 e. The van der Waals surface area contributed by atoms with Crippen LogP contribution in [0.4, 0.5) is 15.8 Å². The fourth-order valence-electron chi connectivity index (χ4n) is 5.53. The number of rotatable bonds is 9. The van der Waals surface area contributed by atoms with Gasteiger partial charge in [-0.1, -0.05) is 30.3 Å². The van der Waals surface area contributed by atoms with Crippen LogP contribution in [0.25, 0.3) is 55.6 Å². The lowest BCUT2D eigenvalue weighted by Crippen LogP contribution is -2.20. The second-order valence-electron chi connectivity index (χ2n) is 11.4. The first-order chi connectivity index (χ1) is 22.4. The van der Waals surface area contributed by atoms with Crippen molar-refractivity contribution in [3.63, 3.8) is 0 Å². The number of aromatic nitrogens is 5. The number of nitrogens with one attached hydrogen (secondary N) is 4. The number of carbonyl (C=O) groups is 1. The Kier molecular flexibility index (Phi) is 7.69. The number of aromatic amines is 2. The molecule has 0 spiro atoms. The molecule has 228 valence electrons. The normalized spacial score (nSPS) is 11.4. The summed E-state index contributed by atoms with van der Waals surface area (Å²) in [6.07, 6.45) is 5.06. The van der Waals surface area contributed by atoms with Crippen molar-refractivity contribution in [2.45, 2.75) is 0 Å². The van der Waals surface area contributed by atoms with Gasteiger partial charge in [-0.25, -0.2) is 4.39 Å². The van der Waals surface area contributed by atoms with E-state index in [4.69, 9.17) is 0 Å². The first-order valence-corrected chi connectivity index (χ1v) is 14.9. The monoisotopic (exact) mass is 610 g/mol. The summed E-state index contributed by atoms with van der Waals surface area (Å²) in [6.45, 7) is 1.55. The minimum Gasteiger partial charge on any atom is -0.384 e. The molecule has 4 N–H and O–H groups in total. The van der Waals surface area contributed by atoms with Gasteiger partial charge in [0.05, 0.1) is 35.0 Å². The lowest BCUT2D eigenvalue weighted by molar-refractivity contribution is 0.102. The number of benzene rings is 3. The molecule has 0 aliphatic rings. The standard InChI is InChI=1S/C36H31FN8O/c1-45(2)12-11-39-26-14-23(13-25(37)16-26)28-9-6-10-31-29(28)17-33(42-31)35-30-18-32(40-21-34(30)43-44-35)24-15-27(20-38-19-24)41-36(46)22-7-4-3-5-8-22/h3-10,13-21,39,42H,11-12H2,1-2H3,(H,41,46)(H,43,44). The summed E-state index contributed by atoms with van der Waals surface area (Å²) in [5, 5.41) is 15.8. The van der Waals surface area contributed by atoms with Gasteiger partial charge in [-0.3, -0.25) is 19.9 Å². The number of carbonyl (C=O) groups excluding carboxylic acids is 1. The lowest BCUT2D eigenvalue weighted by Gasteiger charge is -2.13. The topological polar surface area (TPSA) is 115 Å². The number of hydrogen-bond donors (Lipinski definition) is 4. The molecule has 4 heterocycles. The van der Waals surface area contributed by atoms with Gasteiger partial charge in [-0.05, 0) is 79.8 Å². The van der Waals surface area contributed by atoms with E-state index in [1.54, 1.807) is 36.8 Å². The predicted molar refractivity (Wildman–Crippen MR) is 181 cm³/mol. The van der Waals surface area contributed by atoms with Gasteiger partial charge in [0.15, 0.2) is 0 Å². The number of fused-ring (bicyclic) bond motifs is 2. The molecule has 0 saturated carbocycles. The molecule has 0 atom stereocenters. The Morgan fingerprint density at radius 3 is 2.54 bits per heavy atom. The molecule has 0 unspecified atom stereocenters. The quantitative estimate of drug-likeness (QED) is 0.137. The van der Waals surface area contributed by atoms with E-state index >= 15 is 0 Å². The van der Waals surface area contributed by atoms with Crippen LogP contribution in [0.15, 0.2) is 104 Å². The summed E-state index contributed by atoms with van der Waals surface area (Å²) in [4.78, 5) is 27.2. The molecule has 4 aromatic heterocycles. The molecular formula is C36H31FN8O. The molecule has 3 aromatic carbocycles. The van der Waals surface area contributed by atoms with Crippen LogP contribution < -0.4 is 10.6 Å². The van der Waals surface area contributed by atoms with Gasteiger partial charge in [-0.2, -0.15) is 5.10 Å². The van der Waals surface area contributed by atoms with E-state index in [0.717, 1.165) is 62.1 Å². The molecule has 0 aliphatic heterocycles. The van der Waals surface area contributed by atoms with Crippen molar-refractivity contribution in [2.24, 2.45) is 0 Å². The van der Waals surface area contributed by atoms with Gasteiger partial charge in [0, 0.05) is 52.4 Å². The fraction of sp³-hybridized carbons (Fsp3) is 0.111. The fourth-order valence-corrected chi connectivity index (χ4v) is 5.53. The molecule has 0 radical (unpaired) electrons. The maximum absolute atomic E-state index is 14.7. The Morgan fingerprint density at radius 2 is 1.70 bits per heavy atom. The first kappa shape index (κ1) is 28.9. The van der Waals surface area contributed by atoms with E-state index in [9.17, 15) is 9.18 Å². The summed E-state index contributed by atoms with van der Waals surface area (Å²) in [6, 6.07) is 25.9. The Balaban J connectivity index is 1.21. The SMILES string of the molecule is CN(C)CCNc1cc(F)cc(-c2cccc3[nH]c(-c4n[nH]c5cnc(-c6cncc(NC(=O)c7ccccc7)c6)cc45)cc23)c1. The first-order valence-electron chi connectivity index (χ1n) is 14.9.